The van der Waals surface area contributed by atoms with Crippen LogP contribution in [0.15, 0.2) is 18.2 Å². The fourth-order valence-electron chi connectivity index (χ4n) is 2.10. The summed E-state index contributed by atoms with van der Waals surface area (Å²) in [6.45, 7) is 1.74. The first-order valence-corrected chi connectivity index (χ1v) is 5.87. The summed E-state index contributed by atoms with van der Waals surface area (Å²) in [5, 5.41) is 12.0. The van der Waals surface area contributed by atoms with Crippen LogP contribution in [0.4, 0.5) is 11.4 Å². The number of benzene rings is 1. The number of amides is 1. The van der Waals surface area contributed by atoms with Crippen LogP contribution in [0.3, 0.4) is 0 Å². The lowest BCUT2D eigenvalue weighted by Gasteiger charge is -2.35. The van der Waals surface area contributed by atoms with Crippen molar-refractivity contribution in [2.45, 2.75) is 0 Å². The van der Waals surface area contributed by atoms with Crippen molar-refractivity contribution in [2.24, 2.45) is 0 Å². The summed E-state index contributed by atoms with van der Waals surface area (Å²) in [6, 6.07) is 7.54. The monoisotopic (exact) mass is 244 g/mol. The third kappa shape index (κ3) is 2.15. The molecule has 18 heavy (non-hydrogen) atoms. The van der Waals surface area contributed by atoms with Crippen molar-refractivity contribution >= 4 is 17.3 Å². The normalized spacial score (nSPS) is 14.4. The lowest BCUT2D eigenvalue weighted by molar-refractivity contribution is -0.117. The van der Waals surface area contributed by atoms with E-state index in [1.807, 2.05) is 31.1 Å². The topological polar surface area (TPSA) is 59.4 Å². The second kappa shape index (κ2) is 5.07. The molecule has 2 rings (SSSR count). The van der Waals surface area contributed by atoms with Crippen molar-refractivity contribution < 1.29 is 4.79 Å². The summed E-state index contributed by atoms with van der Waals surface area (Å²) >= 11 is 0. The van der Waals surface area contributed by atoms with Crippen LogP contribution >= 0.6 is 0 Å². The molecule has 0 aromatic heterocycles. The van der Waals surface area contributed by atoms with Crippen molar-refractivity contribution in [3.8, 4) is 6.07 Å². The van der Waals surface area contributed by atoms with Crippen molar-refractivity contribution in [2.75, 3.05) is 43.5 Å². The molecule has 0 unspecified atom stereocenters. The summed E-state index contributed by atoms with van der Waals surface area (Å²) in [4.78, 5) is 15.7. The lowest BCUT2D eigenvalue weighted by atomic mass is 10.1. The minimum atomic E-state index is 0.0879. The number of fused-ring (bicyclic) bond motifs is 1. The van der Waals surface area contributed by atoms with Gasteiger partial charge in [-0.3, -0.25) is 4.79 Å². The predicted octanol–water partition coefficient (Wildman–Crippen LogP) is 0.560. The fourth-order valence-corrected chi connectivity index (χ4v) is 2.10. The van der Waals surface area contributed by atoms with Gasteiger partial charge >= 0.3 is 0 Å². The van der Waals surface area contributed by atoms with Gasteiger partial charge in [-0.25, -0.2) is 0 Å². The van der Waals surface area contributed by atoms with E-state index >= 15 is 0 Å². The first-order chi connectivity index (χ1) is 8.67. The van der Waals surface area contributed by atoms with Gasteiger partial charge in [0.05, 0.1) is 29.6 Å². The summed E-state index contributed by atoms with van der Waals surface area (Å²) in [6.07, 6.45) is 0. The highest BCUT2D eigenvalue weighted by Gasteiger charge is 2.26. The molecule has 1 heterocycles. The van der Waals surface area contributed by atoms with Gasteiger partial charge in [0.1, 0.15) is 0 Å². The maximum atomic E-state index is 12.0. The summed E-state index contributed by atoms with van der Waals surface area (Å²) < 4.78 is 0. The highest BCUT2D eigenvalue weighted by atomic mass is 16.2. The molecule has 1 aromatic carbocycles. The molecule has 1 amide bonds. The Morgan fingerprint density at radius 2 is 2.22 bits per heavy atom. The van der Waals surface area contributed by atoms with E-state index in [2.05, 4.69) is 11.4 Å². The molecule has 0 aliphatic carbocycles. The largest absolute Gasteiger partial charge is 0.364 e. The molecule has 1 aliphatic rings. The third-order valence-electron chi connectivity index (χ3n) is 3.07. The van der Waals surface area contributed by atoms with E-state index in [-0.39, 0.29) is 5.91 Å². The zero-order valence-electron chi connectivity index (χ0n) is 10.6. The van der Waals surface area contributed by atoms with Crippen molar-refractivity contribution in [1.29, 1.82) is 5.26 Å². The third-order valence-corrected chi connectivity index (χ3v) is 3.07. The van der Waals surface area contributed by atoms with Gasteiger partial charge in [0.15, 0.2) is 0 Å². The number of nitrogens with zero attached hydrogens (tertiary/aromatic N) is 3. The van der Waals surface area contributed by atoms with E-state index < -0.39 is 0 Å². The quantitative estimate of drug-likeness (QED) is 0.844. The summed E-state index contributed by atoms with van der Waals surface area (Å²) in [5.74, 6) is 0.0879. The Morgan fingerprint density at radius 1 is 1.44 bits per heavy atom. The first-order valence-electron chi connectivity index (χ1n) is 5.87. The van der Waals surface area contributed by atoms with Crippen LogP contribution in [-0.4, -0.2) is 39.6 Å². The van der Waals surface area contributed by atoms with Gasteiger partial charge in [-0.15, -0.1) is 0 Å². The Balaban J connectivity index is 2.39. The number of likely N-dealkylation sites (N-methyl/N-ethyl adjacent to an activating group) is 2. The maximum Gasteiger partial charge on any atom is 0.246 e. The number of carbonyl (C=O) groups is 1. The molecule has 94 valence electrons. The minimum Gasteiger partial charge on any atom is -0.364 e. The number of hydrogen-bond donors (Lipinski definition) is 1. The molecule has 1 aromatic rings. The first kappa shape index (κ1) is 12.4. The minimum absolute atomic E-state index is 0.0879. The van der Waals surface area contributed by atoms with Crippen molar-refractivity contribution in [1.82, 2.24) is 5.32 Å². The van der Waals surface area contributed by atoms with E-state index in [9.17, 15) is 4.79 Å². The molecule has 5 heteroatoms. The number of nitriles is 1. The average molecular weight is 244 g/mol. The van der Waals surface area contributed by atoms with Crippen LogP contribution in [0.25, 0.3) is 0 Å². The van der Waals surface area contributed by atoms with E-state index in [4.69, 9.17) is 5.26 Å². The van der Waals surface area contributed by atoms with Crippen LogP contribution in [-0.2, 0) is 4.79 Å². The summed E-state index contributed by atoms with van der Waals surface area (Å²) in [7, 11) is 3.73. The van der Waals surface area contributed by atoms with Crippen LogP contribution < -0.4 is 15.1 Å². The SMILES string of the molecule is CNCCN1C(=O)CN(C)c2cc(C#N)ccc21. The van der Waals surface area contributed by atoms with Crippen molar-refractivity contribution in [3.05, 3.63) is 23.8 Å². The van der Waals surface area contributed by atoms with Gasteiger partial charge in [-0.05, 0) is 25.2 Å². The van der Waals surface area contributed by atoms with Gasteiger partial charge in [0.25, 0.3) is 0 Å². The Kier molecular flexibility index (Phi) is 3.49. The zero-order valence-corrected chi connectivity index (χ0v) is 10.6. The highest BCUT2D eigenvalue weighted by molar-refractivity contribution is 6.03. The van der Waals surface area contributed by atoms with Crippen LogP contribution in [0.1, 0.15) is 5.56 Å². The van der Waals surface area contributed by atoms with Crippen LogP contribution in [0.5, 0.6) is 0 Å². The number of hydrogen-bond acceptors (Lipinski definition) is 4. The molecular weight excluding hydrogens is 228 g/mol. The number of anilines is 2. The predicted molar refractivity (Wildman–Crippen MR) is 70.7 cm³/mol. The Hall–Kier alpha value is -2.06. The van der Waals surface area contributed by atoms with E-state index in [0.29, 0.717) is 18.7 Å². The standard InChI is InChI=1S/C13H16N4O/c1-15-5-6-17-11-4-3-10(8-14)7-12(11)16(2)9-13(17)18/h3-4,7,15H,5-6,9H2,1-2H3. The lowest BCUT2D eigenvalue weighted by Crippen LogP contribution is -2.46. The van der Waals surface area contributed by atoms with Gasteiger partial charge in [0.2, 0.25) is 5.91 Å². The second-order valence-electron chi connectivity index (χ2n) is 4.32. The Morgan fingerprint density at radius 3 is 2.89 bits per heavy atom. The molecule has 0 saturated heterocycles. The molecular formula is C13H16N4O. The van der Waals surface area contributed by atoms with Crippen LogP contribution in [0, 0.1) is 11.3 Å². The average Bonchev–Trinajstić information content (AvgIpc) is 2.38. The number of rotatable bonds is 3. The van der Waals surface area contributed by atoms with Gasteiger partial charge in [-0.1, -0.05) is 0 Å². The summed E-state index contributed by atoms with van der Waals surface area (Å²) in [5.41, 5.74) is 2.43. The molecule has 0 radical (unpaired) electrons. The van der Waals surface area contributed by atoms with E-state index in [1.165, 1.54) is 0 Å². The van der Waals surface area contributed by atoms with Crippen molar-refractivity contribution in [3.63, 3.8) is 0 Å². The molecule has 1 aliphatic heterocycles. The molecule has 0 bridgehead atoms. The Labute approximate surface area is 107 Å². The van der Waals surface area contributed by atoms with Crippen LogP contribution in [0.2, 0.25) is 0 Å². The molecule has 5 nitrogen and oxygen atoms in total. The smallest absolute Gasteiger partial charge is 0.246 e. The highest BCUT2D eigenvalue weighted by Crippen LogP contribution is 2.33. The Bertz CT molecular complexity index is 506. The second-order valence-corrected chi connectivity index (χ2v) is 4.32. The molecule has 1 N–H and O–H groups in total. The van der Waals surface area contributed by atoms with Gasteiger partial charge < -0.3 is 15.1 Å². The van der Waals surface area contributed by atoms with Gasteiger partial charge in [-0.2, -0.15) is 5.26 Å². The number of nitrogens with one attached hydrogen (secondary N) is 1. The van der Waals surface area contributed by atoms with E-state index in [0.717, 1.165) is 17.9 Å². The maximum absolute atomic E-state index is 12.0. The molecule has 0 spiro atoms. The molecule has 0 fully saturated rings. The van der Waals surface area contributed by atoms with E-state index in [1.54, 1.807) is 11.0 Å². The molecule has 0 saturated carbocycles. The fraction of sp³-hybridized carbons (Fsp3) is 0.385. The zero-order chi connectivity index (χ0) is 13.1. The number of carbonyl (C=O) groups excluding carboxylic acids is 1. The molecule has 0 atom stereocenters. The van der Waals surface area contributed by atoms with Gasteiger partial charge in [0, 0.05) is 20.1 Å².